The summed E-state index contributed by atoms with van der Waals surface area (Å²) >= 11 is 6.13. The third-order valence-electron chi connectivity index (χ3n) is 0.992. The standard InChI is InChI=1S/C5H6N2OS2/c1-6-4(8)3-2-10-5(9)7-3/h2H,1H3,(H,6,8)(H,7,9). The summed E-state index contributed by atoms with van der Waals surface area (Å²) in [5, 5.41) is 4.18. The molecule has 1 amide bonds. The Labute approximate surface area is 67.1 Å². The highest BCUT2D eigenvalue weighted by atomic mass is 32.1. The lowest BCUT2D eigenvalue weighted by atomic mass is 10.5. The van der Waals surface area contributed by atoms with E-state index < -0.39 is 0 Å². The molecule has 2 N–H and O–H groups in total. The second kappa shape index (κ2) is 2.94. The summed E-state index contributed by atoms with van der Waals surface area (Å²) in [6.45, 7) is 0. The van der Waals surface area contributed by atoms with Crippen LogP contribution in [0.1, 0.15) is 10.5 Å². The molecule has 5 heteroatoms. The molecule has 0 saturated carbocycles. The molecule has 0 unspecified atom stereocenters. The van der Waals surface area contributed by atoms with Gasteiger partial charge in [0.05, 0.1) is 0 Å². The van der Waals surface area contributed by atoms with Gasteiger partial charge in [0, 0.05) is 12.4 Å². The number of hydrogen-bond acceptors (Lipinski definition) is 3. The fourth-order valence-corrected chi connectivity index (χ4v) is 1.34. The first kappa shape index (κ1) is 7.43. The van der Waals surface area contributed by atoms with Crippen molar-refractivity contribution in [3.8, 4) is 0 Å². The van der Waals surface area contributed by atoms with Gasteiger partial charge < -0.3 is 10.3 Å². The van der Waals surface area contributed by atoms with Gasteiger partial charge in [-0.1, -0.05) is 0 Å². The van der Waals surface area contributed by atoms with Gasteiger partial charge in [-0.15, -0.1) is 11.3 Å². The quantitative estimate of drug-likeness (QED) is 0.628. The predicted octanol–water partition coefficient (Wildman–Crippen LogP) is 1.17. The van der Waals surface area contributed by atoms with Crippen LogP contribution < -0.4 is 5.32 Å². The molecule has 0 atom stereocenters. The summed E-state index contributed by atoms with van der Waals surface area (Å²) in [6.07, 6.45) is 0. The number of aromatic nitrogens is 1. The summed E-state index contributed by atoms with van der Waals surface area (Å²) in [5.74, 6) is -0.132. The summed E-state index contributed by atoms with van der Waals surface area (Å²) in [5.41, 5.74) is 0.525. The van der Waals surface area contributed by atoms with Crippen LogP contribution >= 0.6 is 23.6 Å². The minimum atomic E-state index is -0.132. The van der Waals surface area contributed by atoms with Crippen molar-refractivity contribution in [3.05, 3.63) is 15.0 Å². The molecule has 0 aromatic carbocycles. The van der Waals surface area contributed by atoms with Gasteiger partial charge in [-0.05, 0) is 12.2 Å². The minimum absolute atomic E-state index is 0.132. The number of H-pyrrole nitrogens is 1. The Kier molecular flexibility index (Phi) is 2.18. The molecular weight excluding hydrogens is 168 g/mol. The van der Waals surface area contributed by atoms with E-state index in [0.717, 1.165) is 0 Å². The van der Waals surface area contributed by atoms with Crippen molar-refractivity contribution < 1.29 is 4.79 Å². The van der Waals surface area contributed by atoms with Crippen molar-refractivity contribution >= 4 is 29.5 Å². The number of amides is 1. The summed E-state index contributed by atoms with van der Waals surface area (Å²) in [7, 11) is 1.58. The van der Waals surface area contributed by atoms with E-state index in [1.807, 2.05) is 0 Å². The Bertz CT molecular complexity index is 288. The fourth-order valence-electron chi connectivity index (χ4n) is 0.526. The first-order valence-electron chi connectivity index (χ1n) is 2.64. The van der Waals surface area contributed by atoms with Gasteiger partial charge in [-0.2, -0.15) is 0 Å². The van der Waals surface area contributed by atoms with E-state index in [1.165, 1.54) is 11.3 Å². The average molecular weight is 174 g/mol. The van der Waals surface area contributed by atoms with E-state index in [4.69, 9.17) is 12.2 Å². The molecule has 0 radical (unpaired) electrons. The number of carbonyl (C=O) groups excluding carboxylic acids is 1. The smallest absolute Gasteiger partial charge is 0.268 e. The number of hydrogen-bond donors (Lipinski definition) is 2. The molecule has 54 valence electrons. The third-order valence-corrected chi connectivity index (χ3v) is 2.05. The van der Waals surface area contributed by atoms with Gasteiger partial charge in [0.1, 0.15) is 5.69 Å². The Morgan fingerprint density at radius 2 is 2.60 bits per heavy atom. The topological polar surface area (TPSA) is 44.9 Å². The van der Waals surface area contributed by atoms with Crippen LogP contribution in [0.25, 0.3) is 0 Å². The van der Waals surface area contributed by atoms with Crippen molar-refractivity contribution in [1.82, 2.24) is 10.3 Å². The molecule has 0 bridgehead atoms. The minimum Gasteiger partial charge on any atom is -0.354 e. The molecule has 1 aromatic rings. The van der Waals surface area contributed by atoms with E-state index >= 15 is 0 Å². The van der Waals surface area contributed by atoms with Crippen molar-refractivity contribution in [2.75, 3.05) is 7.05 Å². The number of thiazole rings is 1. The van der Waals surface area contributed by atoms with Gasteiger partial charge in [-0.3, -0.25) is 4.79 Å². The van der Waals surface area contributed by atoms with Crippen molar-refractivity contribution in [1.29, 1.82) is 0 Å². The number of carbonyl (C=O) groups is 1. The zero-order valence-electron chi connectivity index (χ0n) is 5.30. The maximum Gasteiger partial charge on any atom is 0.268 e. The molecule has 3 nitrogen and oxygen atoms in total. The van der Waals surface area contributed by atoms with E-state index in [9.17, 15) is 4.79 Å². The number of nitrogens with one attached hydrogen (secondary N) is 2. The molecule has 0 fully saturated rings. The molecule has 1 rings (SSSR count). The van der Waals surface area contributed by atoms with E-state index in [2.05, 4.69) is 10.3 Å². The van der Waals surface area contributed by atoms with Gasteiger partial charge in [-0.25, -0.2) is 0 Å². The number of rotatable bonds is 1. The van der Waals surface area contributed by atoms with Gasteiger partial charge in [0.25, 0.3) is 5.91 Å². The highest BCUT2D eigenvalue weighted by Crippen LogP contribution is 2.03. The molecule has 0 spiro atoms. The van der Waals surface area contributed by atoms with Crippen LogP contribution in [0.4, 0.5) is 0 Å². The van der Waals surface area contributed by atoms with Crippen LogP contribution in [0.2, 0.25) is 0 Å². The Balaban J connectivity index is 2.95. The van der Waals surface area contributed by atoms with Gasteiger partial charge in [0.15, 0.2) is 3.95 Å². The normalized spacial score (nSPS) is 9.30. The first-order chi connectivity index (χ1) is 4.74. The van der Waals surface area contributed by atoms with E-state index in [-0.39, 0.29) is 5.91 Å². The maximum absolute atomic E-state index is 10.8. The largest absolute Gasteiger partial charge is 0.354 e. The third kappa shape index (κ3) is 1.43. The lowest BCUT2D eigenvalue weighted by molar-refractivity contribution is 0.0959. The van der Waals surface area contributed by atoms with Gasteiger partial charge in [0.2, 0.25) is 0 Å². The molecule has 0 aliphatic rings. The SMILES string of the molecule is CNC(=O)c1csc(=S)[nH]1. The lowest BCUT2D eigenvalue weighted by Crippen LogP contribution is -2.17. The second-order valence-corrected chi connectivity index (χ2v) is 3.19. The molecule has 1 aromatic heterocycles. The molecule has 1 heterocycles. The zero-order valence-corrected chi connectivity index (χ0v) is 6.94. The van der Waals surface area contributed by atoms with Crippen LogP contribution in [0, 0.1) is 3.95 Å². The monoisotopic (exact) mass is 174 g/mol. The lowest BCUT2D eigenvalue weighted by Gasteiger charge is -1.91. The highest BCUT2D eigenvalue weighted by molar-refractivity contribution is 7.73. The van der Waals surface area contributed by atoms with Crippen LogP contribution in [0.3, 0.4) is 0 Å². The maximum atomic E-state index is 10.8. The Morgan fingerprint density at radius 1 is 1.90 bits per heavy atom. The van der Waals surface area contributed by atoms with E-state index in [0.29, 0.717) is 9.65 Å². The molecular formula is C5H6N2OS2. The van der Waals surface area contributed by atoms with Crippen molar-refractivity contribution in [2.45, 2.75) is 0 Å². The van der Waals surface area contributed by atoms with Crippen LogP contribution in [0.15, 0.2) is 5.38 Å². The second-order valence-electron chi connectivity index (χ2n) is 1.64. The number of aromatic amines is 1. The fraction of sp³-hybridized carbons (Fsp3) is 0.200. The predicted molar refractivity (Wildman–Crippen MR) is 42.9 cm³/mol. The molecule has 0 aliphatic carbocycles. The molecule has 0 saturated heterocycles. The first-order valence-corrected chi connectivity index (χ1v) is 3.92. The van der Waals surface area contributed by atoms with E-state index in [1.54, 1.807) is 12.4 Å². The molecule has 0 aliphatic heterocycles. The molecule has 10 heavy (non-hydrogen) atoms. The average Bonchev–Trinajstić information content (AvgIpc) is 2.34. The van der Waals surface area contributed by atoms with Crippen LogP contribution in [-0.2, 0) is 0 Å². The van der Waals surface area contributed by atoms with Crippen molar-refractivity contribution in [2.24, 2.45) is 0 Å². The Morgan fingerprint density at radius 3 is 3.00 bits per heavy atom. The van der Waals surface area contributed by atoms with Crippen molar-refractivity contribution in [3.63, 3.8) is 0 Å². The summed E-state index contributed by atoms with van der Waals surface area (Å²) < 4.78 is 0.624. The van der Waals surface area contributed by atoms with Crippen LogP contribution in [-0.4, -0.2) is 17.9 Å². The highest BCUT2D eigenvalue weighted by Gasteiger charge is 2.02. The van der Waals surface area contributed by atoms with Gasteiger partial charge >= 0.3 is 0 Å². The summed E-state index contributed by atoms with van der Waals surface area (Å²) in [4.78, 5) is 13.6. The van der Waals surface area contributed by atoms with Crippen LogP contribution in [0.5, 0.6) is 0 Å². The summed E-state index contributed by atoms with van der Waals surface area (Å²) in [6, 6.07) is 0. The zero-order chi connectivity index (χ0) is 7.56. The Hall–Kier alpha value is -0.680.